The van der Waals surface area contributed by atoms with Gasteiger partial charge in [-0.3, -0.25) is 18.6 Å². The highest BCUT2D eigenvalue weighted by Crippen LogP contribution is 2.43. The van der Waals surface area contributed by atoms with Crippen LogP contribution in [0.5, 0.6) is 0 Å². The van der Waals surface area contributed by atoms with Crippen molar-refractivity contribution in [2.45, 2.75) is 303 Å². The number of esters is 1. The van der Waals surface area contributed by atoms with Crippen molar-refractivity contribution in [2.24, 2.45) is 0 Å². The zero-order chi connectivity index (χ0) is 56.4. The smallest absolute Gasteiger partial charge is 0.456 e. The highest BCUT2D eigenvalue weighted by molar-refractivity contribution is 7.47. The standard InChI is InChI=1S/C67H123N2O7P/c1-7-10-13-16-19-22-25-28-30-31-32-33-34-35-36-37-38-39-40-41-44-47-50-53-56-59-66(70)68-64(63-75-77(72,73)74-62-61-69(4,5)6)65(58-55-52-49-46-43-27-24-21-18-15-12-9-3)76-67(71)60-57-54-51-48-45-42-29-26-23-20-17-14-11-8-2/h10,13,19,22,28,30,32-33,35-36,55,58,64-65H,7-9,11-12,14-18,20-21,23-27,29,31,34,37-54,56-57,59-63H2,1-6H3,(H-,68,70,72,73)/p+1/b13-10-,22-19-,30-28-,33-32-,36-35-,58-55-. The van der Waals surface area contributed by atoms with Gasteiger partial charge in [0.2, 0.25) is 5.91 Å². The summed E-state index contributed by atoms with van der Waals surface area (Å²) < 4.78 is 30.7. The molecule has 0 aliphatic rings. The van der Waals surface area contributed by atoms with Gasteiger partial charge in [0.1, 0.15) is 19.3 Å². The maximum atomic E-state index is 13.6. The average molecular weight is 1100 g/mol. The van der Waals surface area contributed by atoms with Crippen LogP contribution in [-0.2, 0) is 27.9 Å². The summed E-state index contributed by atoms with van der Waals surface area (Å²) >= 11 is 0. The highest BCUT2D eigenvalue weighted by Gasteiger charge is 2.30. The molecule has 0 radical (unpaired) electrons. The third-order valence-electron chi connectivity index (χ3n) is 14.2. The first-order valence-corrected chi connectivity index (χ1v) is 33.8. The van der Waals surface area contributed by atoms with Crippen LogP contribution in [0.3, 0.4) is 0 Å². The van der Waals surface area contributed by atoms with Crippen LogP contribution in [-0.4, -0.2) is 74.3 Å². The Morgan fingerprint density at radius 3 is 1.25 bits per heavy atom. The molecule has 0 spiro atoms. The number of phosphoric ester groups is 1. The number of nitrogens with zero attached hydrogens (tertiary/aromatic N) is 1. The second-order valence-electron chi connectivity index (χ2n) is 22.9. The van der Waals surface area contributed by atoms with Crippen LogP contribution in [0.4, 0.5) is 0 Å². The molecule has 3 unspecified atom stereocenters. The van der Waals surface area contributed by atoms with Crippen molar-refractivity contribution in [3.8, 4) is 0 Å². The van der Waals surface area contributed by atoms with E-state index in [0.29, 0.717) is 23.9 Å². The normalized spacial score (nSPS) is 14.1. The fourth-order valence-electron chi connectivity index (χ4n) is 9.20. The van der Waals surface area contributed by atoms with E-state index in [2.05, 4.69) is 86.8 Å². The Hall–Kier alpha value is -2.55. The number of hydrogen-bond donors (Lipinski definition) is 2. The van der Waals surface area contributed by atoms with E-state index in [0.717, 1.165) is 103 Å². The first-order chi connectivity index (χ1) is 37.4. The van der Waals surface area contributed by atoms with Crippen molar-refractivity contribution in [1.82, 2.24) is 5.32 Å². The van der Waals surface area contributed by atoms with Gasteiger partial charge in [-0.05, 0) is 76.7 Å². The minimum Gasteiger partial charge on any atom is -0.456 e. The summed E-state index contributed by atoms with van der Waals surface area (Å²) in [6, 6.07) is -0.852. The Morgan fingerprint density at radius 1 is 0.468 bits per heavy atom. The first-order valence-electron chi connectivity index (χ1n) is 32.3. The molecule has 0 saturated carbocycles. The van der Waals surface area contributed by atoms with Crippen LogP contribution in [0, 0.1) is 0 Å². The molecule has 0 heterocycles. The molecule has 2 N–H and O–H groups in total. The lowest BCUT2D eigenvalue weighted by atomic mass is 10.0. The van der Waals surface area contributed by atoms with Crippen LogP contribution in [0.25, 0.3) is 0 Å². The largest absolute Gasteiger partial charge is 0.472 e. The van der Waals surface area contributed by atoms with Gasteiger partial charge in [-0.15, -0.1) is 0 Å². The lowest BCUT2D eigenvalue weighted by Gasteiger charge is -2.27. The molecule has 0 bridgehead atoms. The number of unbranched alkanes of at least 4 members (excludes halogenated alkanes) is 32. The van der Waals surface area contributed by atoms with E-state index in [9.17, 15) is 19.0 Å². The minimum atomic E-state index is -4.45. The van der Waals surface area contributed by atoms with E-state index < -0.39 is 20.0 Å². The predicted molar refractivity (Wildman–Crippen MR) is 332 cm³/mol. The number of rotatable bonds is 58. The number of nitrogens with one attached hydrogen (secondary N) is 1. The van der Waals surface area contributed by atoms with Crippen molar-refractivity contribution in [1.29, 1.82) is 0 Å². The number of carbonyl (C=O) groups is 2. The Kier molecular flexibility index (Phi) is 54.8. The molecule has 448 valence electrons. The molecule has 0 aromatic heterocycles. The lowest BCUT2D eigenvalue weighted by Crippen LogP contribution is -2.47. The van der Waals surface area contributed by atoms with Gasteiger partial charge in [0.05, 0.1) is 33.8 Å². The molecule has 77 heavy (non-hydrogen) atoms. The molecular formula is C67H124N2O7P+. The summed E-state index contributed by atoms with van der Waals surface area (Å²) in [5.74, 6) is -0.505. The molecule has 0 saturated heterocycles. The third-order valence-corrected chi connectivity index (χ3v) is 15.1. The SMILES string of the molecule is CC/C=C\C/C=C\C/C=C\C/C=C\C/C=C\CCCCCCCCCCCC(=O)NC(COP(=O)(O)OCC[N+](C)(C)C)C(/C=C\CCCCCCCCCCCC)OC(=O)CCCCCCCCCCCCCCCC. The number of phosphoric acid groups is 1. The topological polar surface area (TPSA) is 111 Å². The summed E-state index contributed by atoms with van der Waals surface area (Å²) in [5.41, 5.74) is 0. The molecule has 1 amide bonds. The maximum absolute atomic E-state index is 13.6. The van der Waals surface area contributed by atoms with Crippen molar-refractivity contribution < 1.29 is 37.3 Å². The number of ether oxygens (including phenoxy) is 1. The van der Waals surface area contributed by atoms with E-state index in [1.54, 1.807) is 0 Å². The first kappa shape index (κ1) is 74.5. The minimum absolute atomic E-state index is 0.0382. The summed E-state index contributed by atoms with van der Waals surface area (Å²) in [7, 11) is 1.49. The summed E-state index contributed by atoms with van der Waals surface area (Å²) in [4.78, 5) is 37.7. The van der Waals surface area contributed by atoms with Gasteiger partial charge in [-0.1, -0.05) is 274 Å². The maximum Gasteiger partial charge on any atom is 0.472 e. The molecule has 3 atom stereocenters. The number of carbonyl (C=O) groups excluding carboxylic acids is 2. The van der Waals surface area contributed by atoms with Crippen LogP contribution in [0.2, 0.25) is 0 Å². The van der Waals surface area contributed by atoms with Crippen LogP contribution in [0.1, 0.15) is 290 Å². The van der Waals surface area contributed by atoms with Crippen molar-refractivity contribution in [3.05, 3.63) is 72.9 Å². The fraction of sp³-hybridized carbons (Fsp3) is 0.791. The van der Waals surface area contributed by atoms with E-state index in [4.69, 9.17) is 13.8 Å². The predicted octanol–water partition coefficient (Wildman–Crippen LogP) is 20.0. The zero-order valence-corrected chi connectivity index (χ0v) is 52.1. The molecular weight excluding hydrogens is 976 g/mol. The molecule has 0 aliphatic carbocycles. The van der Waals surface area contributed by atoms with Gasteiger partial charge >= 0.3 is 13.8 Å². The number of hydrogen-bond acceptors (Lipinski definition) is 6. The lowest BCUT2D eigenvalue weighted by molar-refractivity contribution is -0.870. The molecule has 0 fully saturated rings. The van der Waals surface area contributed by atoms with Gasteiger partial charge in [-0.2, -0.15) is 0 Å². The summed E-state index contributed by atoms with van der Waals surface area (Å²) in [6.45, 7) is 6.91. The number of likely N-dealkylation sites (N-methyl/N-ethyl adjacent to an activating group) is 1. The molecule has 0 aromatic carbocycles. The molecule has 9 nitrogen and oxygen atoms in total. The number of amides is 1. The van der Waals surface area contributed by atoms with E-state index in [1.165, 1.54) is 154 Å². The van der Waals surface area contributed by atoms with Crippen LogP contribution < -0.4 is 5.32 Å². The quantitative estimate of drug-likeness (QED) is 0.0205. The van der Waals surface area contributed by atoms with Gasteiger partial charge in [-0.25, -0.2) is 4.57 Å². The van der Waals surface area contributed by atoms with Gasteiger partial charge in [0, 0.05) is 12.8 Å². The Labute approximate surface area is 476 Å². The second kappa shape index (κ2) is 56.7. The summed E-state index contributed by atoms with van der Waals surface area (Å²) in [6.07, 6.45) is 73.2. The van der Waals surface area contributed by atoms with Gasteiger partial charge < -0.3 is 19.4 Å². The van der Waals surface area contributed by atoms with Crippen LogP contribution >= 0.6 is 7.82 Å². The number of allylic oxidation sites excluding steroid dienone is 11. The Morgan fingerprint density at radius 2 is 0.831 bits per heavy atom. The van der Waals surface area contributed by atoms with Crippen molar-refractivity contribution in [2.75, 3.05) is 40.9 Å². The highest BCUT2D eigenvalue weighted by atomic mass is 31.2. The Bertz CT molecular complexity index is 1550. The van der Waals surface area contributed by atoms with E-state index in [-0.39, 0.29) is 25.1 Å². The fourth-order valence-corrected chi connectivity index (χ4v) is 9.94. The zero-order valence-electron chi connectivity index (χ0n) is 51.2. The molecule has 0 aromatic rings. The van der Waals surface area contributed by atoms with Crippen molar-refractivity contribution >= 4 is 19.7 Å². The van der Waals surface area contributed by atoms with E-state index >= 15 is 0 Å². The van der Waals surface area contributed by atoms with Gasteiger partial charge in [0.15, 0.2) is 0 Å². The van der Waals surface area contributed by atoms with Crippen molar-refractivity contribution in [3.63, 3.8) is 0 Å². The third kappa shape index (κ3) is 57.9. The molecule has 0 rings (SSSR count). The average Bonchev–Trinajstić information content (AvgIpc) is 3.39. The monoisotopic (exact) mass is 1100 g/mol. The molecule has 10 heteroatoms. The second-order valence-corrected chi connectivity index (χ2v) is 24.4. The Balaban J connectivity index is 5.13. The summed E-state index contributed by atoms with van der Waals surface area (Å²) in [5, 5.41) is 3.06. The van der Waals surface area contributed by atoms with E-state index in [1.807, 2.05) is 33.3 Å². The molecule has 0 aliphatic heterocycles. The van der Waals surface area contributed by atoms with Gasteiger partial charge in [0.25, 0.3) is 0 Å². The van der Waals surface area contributed by atoms with Crippen LogP contribution in [0.15, 0.2) is 72.9 Å². The number of quaternary nitrogens is 1.